The van der Waals surface area contributed by atoms with E-state index in [9.17, 15) is 9.90 Å². The fraction of sp³-hybridized carbons (Fsp3) is 0.667. The number of ether oxygens (including phenoxy) is 1. The van der Waals surface area contributed by atoms with Crippen molar-refractivity contribution in [2.24, 2.45) is 11.8 Å². The Morgan fingerprint density at radius 1 is 1.04 bits per heavy atom. The number of hydrogen-bond acceptors (Lipinski definition) is 4. The van der Waals surface area contributed by atoms with Crippen LogP contribution in [0.15, 0.2) is 30.3 Å². The number of rotatable bonds is 4. The van der Waals surface area contributed by atoms with E-state index in [0.717, 1.165) is 58.2 Å². The van der Waals surface area contributed by atoms with E-state index >= 15 is 0 Å². The Kier molecular flexibility index (Phi) is 4.83. The van der Waals surface area contributed by atoms with Crippen molar-refractivity contribution in [3.8, 4) is 0 Å². The molecular weight excluding hydrogens is 314 g/mol. The normalized spacial score (nSPS) is 32.1. The molecule has 3 aliphatic heterocycles. The first kappa shape index (κ1) is 17.0. The van der Waals surface area contributed by atoms with Crippen molar-refractivity contribution in [1.82, 2.24) is 4.90 Å². The van der Waals surface area contributed by atoms with Crippen LogP contribution in [0.3, 0.4) is 0 Å². The SMILES string of the molecule is O=C(O[C@H]1CN2CCC1CC2)[C@@](O)(c1ccccc1)C1CCCCC1. The zero-order valence-electron chi connectivity index (χ0n) is 14.9. The zero-order valence-corrected chi connectivity index (χ0v) is 14.9. The maximum atomic E-state index is 13.2. The average molecular weight is 343 g/mol. The molecule has 136 valence electrons. The number of carbonyl (C=O) groups excluding carboxylic acids is 1. The minimum Gasteiger partial charge on any atom is -0.458 e. The number of benzene rings is 1. The Morgan fingerprint density at radius 3 is 2.32 bits per heavy atom. The number of carbonyl (C=O) groups is 1. The van der Waals surface area contributed by atoms with Gasteiger partial charge in [-0.05, 0) is 50.3 Å². The average Bonchev–Trinajstić information content (AvgIpc) is 2.69. The van der Waals surface area contributed by atoms with E-state index in [2.05, 4.69) is 4.90 Å². The van der Waals surface area contributed by atoms with E-state index < -0.39 is 11.6 Å². The van der Waals surface area contributed by atoms with Gasteiger partial charge in [0.25, 0.3) is 0 Å². The number of piperidine rings is 3. The minimum atomic E-state index is -1.51. The lowest BCUT2D eigenvalue weighted by molar-refractivity contribution is -0.189. The summed E-state index contributed by atoms with van der Waals surface area (Å²) in [5, 5.41) is 11.6. The van der Waals surface area contributed by atoms with Crippen LogP contribution >= 0.6 is 0 Å². The van der Waals surface area contributed by atoms with E-state index in [-0.39, 0.29) is 12.0 Å². The van der Waals surface area contributed by atoms with Crippen LogP contribution in [-0.2, 0) is 15.1 Å². The van der Waals surface area contributed by atoms with Gasteiger partial charge in [0.2, 0.25) is 0 Å². The molecule has 0 aromatic heterocycles. The lowest BCUT2D eigenvalue weighted by Crippen LogP contribution is -2.54. The van der Waals surface area contributed by atoms with E-state index in [4.69, 9.17) is 4.74 Å². The van der Waals surface area contributed by atoms with Crippen molar-refractivity contribution in [2.45, 2.75) is 56.7 Å². The molecule has 1 aliphatic carbocycles. The quantitative estimate of drug-likeness (QED) is 0.854. The second kappa shape index (κ2) is 7.08. The summed E-state index contributed by atoms with van der Waals surface area (Å²) in [7, 11) is 0. The number of esters is 1. The highest BCUT2D eigenvalue weighted by molar-refractivity contribution is 5.81. The van der Waals surface area contributed by atoms with Crippen LogP contribution in [0, 0.1) is 11.8 Å². The second-order valence-corrected chi connectivity index (χ2v) is 8.05. The van der Waals surface area contributed by atoms with E-state index in [1.54, 1.807) is 0 Å². The lowest BCUT2D eigenvalue weighted by Gasteiger charge is -2.45. The van der Waals surface area contributed by atoms with Gasteiger partial charge in [-0.1, -0.05) is 49.6 Å². The molecule has 0 amide bonds. The van der Waals surface area contributed by atoms with Crippen molar-refractivity contribution in [3.63, 3.8) is 0 Å². The van der Waals surface area contributed by atoms with Gasteiger partial charge in [0, 0.05) is 12.5 Å². The summed E-state index contributed by atoms with van der Waals surface area (Å²) in [5.41, 5.74) is -0.818. The van der Waals surface area contributed by atoms with Crippen LogP contribution in [0.1, 0.15) is 50.5 Å². The number of fused-ring (bicyclic) bond motifs is 3. The molecule has 1 aromatic carbocycles. The third-order valence-corrected chi connectivity index (χ3v) is 6.58. The van der Waals surface area contributed by atoms with E-state index in [1.807, 2.05) is 30.3 Å². The van der Waals surface area contributed by atoms with Crippen LogP contribution in [-0.4, -0.2) is 41.7 Å². The molecule has 25 heavy (non-hydrogen) atoms. The third-order valence-electron chi connectivity index (χ3n) is 6.58. The van der Waals surface area contributed by atoms with Crippen LogP contribution in [0.2, 0.25) is 0 Å². The van der Waals surface area contributed by atoms with Gasteiger partial charge in [-0.2, -0.15) is 0 Å². The topological polar surface area (TPSA) is 49.8 Å². The van der Waals surface area contributed by atoms with Crippen molar-refractivity contribution < 1.29 is 14.6 Å². The zero-order chi connectivity index (χ0) is 17.3. The Labute approximate surface area is 150 Å². The van der Waals surface area contributed by atoms with E-state index in [1.165, 1.54) is 6.42 Å². The second-order valence-electron chi connectivity index (χ2n) is 8.05. The Bertz CT molecular complexity index is 590. The molecule has 4 heteroatoms. The first-order chi connectivity index (χ1) is 12.2. The number of aliphatic hydroxyl groups is 1. The van der Waals surface area contributed by atoms with Gasteiger partial charge in [-0.25, -0.2) is 4.79 Å². The molecule has 4 nitrogen and oxygen atoms in total. The molecule has 2 bridgehead atoms. The highest BCUT2D eigenvalue weighted by atomic mass is 16.6. The highest BCUT2D eigenvalue weighted by Crippen LogP contribution is 2.41. The Hall–Kier alpha value is -1.39. The highest BCUT2D eigenvalue weighted by Gasteiger charge is 2.49. The summed E-state index contributed by atoms with van der Waals surface area (Å²) >= 11 is 0. The Morgan fingerprint density at radius 2 is 1.72 bits per heavy atom. The first-order valence-electron chi connectivity index (χ1n) is 9.89. The predicted octanol–water partition coefficient (Wildman–Crippen LogP) is 3.09. The minimum absolute atomic E-state index is 0.0442. The largest absolute Gasteiger partial charge is 0.458 e. The number of hydrogen-bond donors (Lipinski definition) is 1. The smallest absolute Gasteiger partial charge is 0.343 e. The van der Waals surface area contributed by atoms with Gasteiger partial charge >= 0.3 is 5.97 Å². The Balaban J connectivity index is 1.58. The van der Waals surface area contributed by atoms with Crippen molar-refractivity contribution in [2.75, 3.05) is 19.6 Å². The molecule has 5 rings (SSSR count). The van der Waals surface area contributed by atoms with E-state index in [0.29, 0.717) is 11.5 Å². The molecule has 0 unspecified atom stereocenters. The molecular formula is C21H29NO3. The molecule has 3 saturated heterocycles. The molecule has 1 N–H and O–H groups in total. The van der Waals surface area contributed by atoms with Crippen LogP contribution in [0.25, 0.3) is 0 Å². The van der Waals surface area contributed by atoms with Gasteiger partial charge in [-0.3, -0.25) is 4.90 Å². The molecule has 0 radical (unpaired) electrons. The predicted molar refractivity (Wildman–Crippen MR) is 96.0 cm³/mol. The van der Waals surface area contributed by atoms with Crippen molar-refractivity contribution >= 4 is 5.97 Å². The monoisotopic (exact) mass is 343 g/mol. The number of nitrogens with zero attached hydrogens (tertiary/aromatic N) is 1. The van der Waals surface area contributed by atoms with Crippen molar-refractivity contribution in [3.05, 3.63) is 35.9 Å². The van der Waals surface area contributed by atoms with Gasteiger partial charge in [-0.15, -0.1) is 0 Å². The van der Waals surface area contributed by atoms with Gasteiger partial charge in [0.1, 0.15) is 6.10 Å². The lowest BCUT2D eigenvalue weighted by atomic mass is 9.73. The first-order valence-corrected chi connectivity index (χ1v) is 9.89. The molecule has 3 heterocycles. The summed E-state index contributed by atoms with van der Waals surface area (Å²) in [5.74, 6) is -0.0121. The van der Waals surface area contributed by atoms with Gasteiger partial charge in [0.15, 0.2) is 5.60 Å². The molecule has 4 aliphatic rings. The molecule has 0 spiro atoms. The standard InChI is InChI=1S/C21H29NO3/c23-20(25-19-15-22-13-11-16(19)12-14-22)21(24,17-7-3-1-4-8-17)18-9-5-2-6-10-18/h1,3-4,7-8,16,18-19,24H,2,5-6,9-15H2/t19-,21+/m0/s1. The fourth-order valence-corrected chi connectivity index (χ4v) is 5.00. The van der Waals surface area contributed by atoms with Crippen molar-refractivity contribution in [1.29, 1.82) is 0 Å². The molecule has 1 saturated carbocycles. The van der Waals surface area contributed by atoms with Crippen LogP contribution in [0.4, 0.5) is 0 Å². The summed E-state index contributed by atoms with van der Waals surface area (Å²) in [6.07, 6.45) is 7.27. The maximum Gasteiger partial charge on any atom is 0.343 e. The summed E-state index contributed by atoms with van der Waals surface area (Å²) in [6, 6.07) is 9.44. The van der Waals surface area contributed by atoms with Crippen LogP contribution in [0.5, 0.6) is 0 Å². The van der Waals surface area contributed by atoms with Gasteiger partial charge < -0.3 is 9.84 Å². The summed E-state index contributed by atoms with van der Waals surface area (Å²) in [4.78, 5) is 15.6. The molecule has 1 aromatic rings. The third kappa shape index (κ3) is 3.22. The fourth-order valence-electron chi connectivity index (χ4n) is 5.00. The molecule has 4 fully saturated rings. The maximum absolute atomic E-state index is 13.2. The summed E-state index contributed by atoms with van der Waals surface area (Å²) in [6.45, 7) is 3.06. The summed E-state index contributed by atoms with van der Waals surface area (Å²) < 4.78 is 5.97. The molecule has 2 atom stereocenters. The van der Waals surface area contributed by atoms with Crippen LogP contribution < -0.4 is 0 Å². The van der Waals surface area contributed by atoms with Gasteiger partial charge in [0.05, 0.1) is 0 Å².